The Bertz CT molecular complexity index is 180. The average molecular weight is 274 g/mol. The fourth-order valence-corrected chi connectivity index (χ4v) is 4.67. The molecule has 0 aliphatic heterocycles. The molecule has 0 N–H and O–H groups in total. The lowest BCUT2D eigenvalue weighted by atomic mass is 10.1. The van der Waals surface area contributed by atoms with Gasteiger partial charge >= 0.3 is 8.80 Å². The summed E-state index contributed by atoms with van der Waals surface area (Å²) in [5.74, 6) is 0. The van der Waals surface area contributed by atoms with Crippen molar-refractivity contribution >= 4 is 8.80 Å². The summed E-state index contributed by atoms with van der Waals surface area (Å²) in [5.41, 5.74) is 0. The lowest BCUT2D eigenvalue weighted by molar-refractivity contribution is 0.0706. The lowest BCUT2D eigenvalue weighted by Gasteiger charge is -2.28. The highest BCUT2D eigenvalue weighted by atomic mass is 28.4. The van der Waals surface area contributed by atoms with Crippen molar-refractivity contribution < 1.29 is 13.3 Å². The summed E-state index contributed by atoms with van der Waals surface area (Å²) in [4.78, 5) is 0. The molecule has 0 aliphatic rings. The van der Waals surface area contributed by atoms with E-state index < -0.39 is 8.80 Å². The van der Waals surface area contributed by atoms with E-state index in [0.717, 1.165) is 18.9 Å². The van der Waals surface area contributed by atoms with Gasteiger partial charge in [0.15, 0.2) is 0 Å². The quantitative estimate of drug-likeness (QED) is 0.286. The van der Waals surface area contributed by atoms with E-state index >= 15 is 0 Å². The van der Waals surface area contributed by atoms with Gasteiger partial charge in [0, 0.05) is 25.9 Å². The van der Waals surface area contributed by atoms with Crippen LogP contribution in [0.3, 0.4) is 0 Å². The number of allylic oxidation sites excluding steroid dienone is 1. The zero-order chi connectivity index (χ0) is 13.7. The summed E-state index contributed by atoms with van der Waals surface area (Å²) in [5, 5.41) is 0. The molecule has 0 aromatic heterocycles. The van der Waals surface area contributed by atoms with Gasteiger partial charge in [0.1, 0.15) is 0 Å². The minimum atomic E-state index is -2.38. The smallest absolute Gasteiger partial charge is 0.374 e. The molecular formula is C14H30O3Si. The van der Waals surface area contributed by atoms with Gasteiger partial charge in [-0.05, 0) is 40.0 Å². The predicted molar refractivity (Wildman–Crippen MR) is 78.7 cm³/mol. The van der Waals surface area contributed by atoms with Crippen LogP contribution in [-0.4, -0.2) is 28.6 Å². The van der Waals surface area contributed by atoms with Gasteiger partial charge in [-0.3, -0.25) is 0 Å². The van der Waals surface area contributed by atoms with Crippen LogP contribution in [0.25, 0.3) is 0 Å². The topological polar surface area (TPSA) is 27.7 Å². The first-order chi connectivity index (χ1) is 8.74. The van der Waals surface area contributed by atoms with Crippen LogP contribution in [0.2, 0.25) is 6.04 Å². The van der Waals surface area contributed by atoms with E-state index in [0.29, 0.717) is 19.8 Å². The van der Waals surface area contributed by atoms with Gasteiger partial charge in [-0.1, -0.05) is 18.9 Å². The minimum Gasteiger partial charge on any atom is -0.374 e. The van der Waals surface area contributed by atoms with Gasteiger partial charge in [0.2, 0.25) is 0 Å². The average Bonchev–Trinajstić information content (AvgIpc) is 2.35. The molecule has 0 aromatic rings. The van der Waals surface area contributed by atoms with E-state index in [-0.39, 0.29) is 0 Å². The van der Waals surface area contributed by atoms with Crippen molar-refractivity contribution in [2.75, 3.05) is 19.8 Å². The predicted octanol–water partition coefficient (Wildman–Crippen LogP) is 4.17. The molecule has 0 spiro atoms. The second-order valence-electron chi connectivity index (χ2n) is 4.22. The number of unbranched alkanes of at least 4 members (excludes halogenated alkanes) is 4. The van der Waals surface area contributed by atoms with Crippen LogP contribution in [-0.2, 0) is 13.3 Å². The molecule has 0 aromatic carbocycles. The maximum absolute atomic E-state index is 5.82. The number of hydrogen-bond acceptors (Lipinski definition) is 3. The van der Waals surface area contributed by atoms with E-state index in [1.165, 1.54) is 19.3 Å². The van der Waals surface area contributed by atoms with E-state index in [2.05, 4.69) is 6.58 Å². The first-order valence-electron chi connectivity index (χ1n) is 7.27. The fraction of sp³-hybridized carbons (Fsp3) is 0.857. The zero-order valence-electron chi connectivity index (χ0n) is 12.4. The van der Waals surface area contributed by atoms with Crippen molar-refractivity contribution in [1.82, 2.24) is 0 Å². The fourth-order valence-electron chi connectivity index (χ4n) is 1.98. The van der Waals surface area contributed by atoms with E-state index in [9.17, 15) is 0 Å². The van der Waals surface area contributed by atoms with Crippen molar-refractivity contribution in [1.29, 1.82) is 0 Å². The Kier molecular flexibility index (Phi) is 11.8. The molecule has 0 aliphatic carbocycles. The molecule has 0 rings (SSSR count). The molecule has 0 amide bonds. The molecule has 0 fully saturated rings. The van der Waals surface area contributed by atoms with Crippen LogP contribution in [0.15, 0.2) is 12.7 Å². The van der Waals surface area contributed by atoms with E-state index in [1.54, 1.807) is 0 Å². The third-order valence-corrected chi connectivity index (χ3v) is 5.89. The molecule has 0 atom stereocenters. The number of hydrogen-bond donors (Lipinski definition) is 0. The van der Waals surface area contributed by atoms with Crippen molar-refractivity contribution in [3.8, 4) is 0 Å². The Labute approximate surface area is 114 Å². The minimum absolute atomic E-state index is 0.669. The largest absolute Gasteiger partial charge is 0.500 e. The van der Waals surface area contributed by atoms with Crippen LogP contribution in [0.4, 0.5) is 0 Å². The SMILES string of the molecule is C=CCCCCCC[Si](OCC)(OCC)OCC. The van der Waals surface area contributed by atoms with Crippen LogP contribution >= 0.6 is 0 Å². The molecule has 0 saturated carbocycles. The lowest BCUT2D eigenvalue weighted by Crippen LogP contribution is -2.45. The van der Waals surface area contributed by atoms with Gasteiger partial charge < -0.3 is 13.3 Å². The Hall–Kier alpha value is -0.163. The number of rotatable bonds is 13. The van der Waals surface area contributed by atoms with Crippen LogP contribution in [0.1, 0.15) is 52.9 Å². The molecule has 0 radical (unpaired) electrons. The van der Waals surface area contributed by atoms with Crippen molar-refractivity contribution in [3.63, 3.8) is 0 Å². The molecule has 0 bridgehead atoms. The Morgan fingerprint density at radius 2 is 1.33 bits per heavy atom. The Morgan fingerprint density at radius 3 is 1.78 bits per heavy atom. The molecule has 3 nitrogen and oxygen atoms in total. The molecule has 0 saturated heterocycles. The zero-order valence-corrected chi connectivity index (χ0v) is 13.4. The highest BCUT2D eigenvalue weighted by Gasteiger charge is 2.39. The molecular weight excluding hydrogens is 244 g/mol. The van der Waals surface area contributed by atoms with Gasteiger partial charge in [0.25, 0.3) is 0 Å². The maximum Gasteiger partial charge on any atom is 0.500 e. The van der Waals surface area contributed by atoms with Crippen LogP contribution < -0.4 is 0 Å². The normalized spacial score (nSPS) is 11.7. The summed E-state index contributed by atoms with van der Waals surface area (Å²) in [6, 6.07) is 0.941. The summed E-state index contributed by atoms with van der Waals surface area (Å²) in [7, 11) is -2.38. The molecule has 108 valence electrons. The Balaban J connectivity index is 4.00. The summed E-state index contributed by atoms with van der Waals surface area (Å²) >= 11 is 0. The van der Waals surface area contributed by atoms with Crippen molar-refractivity contribution in [2.24, 2.45) is 0 Å². The first kappa shape index (κ1) is 17.8. The Morgan fingerprint density at radius 1 is 0.833 bits per heavy atom. The van der Waals surface area contributed by atoms with Crippen molar-refractivity contribution in [3.05, 3.63) is 12.7 Å². The van der Waals surface area contributed by atoms with Crippen molar-refractivity contribution in [2.45, 2.75) is 58.9 Å². The summed E-state index contributed by atoms with van der Waals surface area (Å²) in [6.07, 6.45) is 7.93. The maximum atomic E-state index is 5.82. The van der Waals surface area contributed by atoms with E-state index in [1.807, 2.05) is 26.8 Å². The molecule has 4 heteroatoms. The second kappa shape index (κ2) is 11.9. The van der Waals surface area contributed by atoms with Gasteiger partial charge in [-0.15, -0.1) is 6.58 Å². The highest BCUT2D eigenvalue weighted by Crippen LogP contribution is 2.20. The van der Waals surface area contributed by atoms with Gasteiger partial charge in [-0.25, -0.2) is 0 Å². The molecule has 0 unspecified atom stereocenters. The van der Waals surface area contributed by atoms with Crippen LogP contribution in [0.5, 0.6) is 0 Å². The third-order valence-electron chi connectivity index (χ3n) is 2.73. The van der Waals surface area contributed by atoms with E-state index in [4.69, 9.17) is 13.3 Å². The third kappa shape index (κ3) is 8.03. The van der Waals surface area contributed by atoms with Gasteiger partial charge in [-0.2, -0.15) is 0 Å². The molecule has 0 heterocycles. The highest BCUT2D eigenvalue weighted by molar-refractivity contribution is 6.60. The summed E-state index contributed by atoms with van der Waals surface area (Å²) < 4.78 is 17.4. The standard InChI is InChI=1S/C14H30O3Si/c1-5-9-10-11-12-13-14-18(15-6-2,16-7-3)17-8-4/h5H,1,6-14H2,2-4H3. The molecule has 18 heavy (non-hydrogen) atoms. The first-order valence-corrected chi connectivity index (χ1v) is 9.20. The second-order valence-corrected chi connectivity index (χ2v) is 6.96. The summed E-state index contributed by atoms with van der Waals surface area (Å²) in [6.45, 7) is 11.8. The van der Waals surface area contributed by atoms with Crippen LogP contribution in [0, 0.1) is 0 Å². The van der Waals surface area contributed by atoms with Gasteiger partial charge in [0.05, 0.1) is 0 Å². The monoisotopic (exact) mass is 274 g/mol.